The van der Waals surface area contributed by atoms with Gasteiger partial charge in [-0.25, -0.2) is 0 Å². The molecule has 0 amide bonds. The monoisotopic (exact) mass is 158 g/mol. The zero-order valence-corrected chi connectivity index (χ0v) is 7.07. The normalized spacial score (nSPS) is 17.3. The van der Waals surface area contributed by atoms with Crippen LogP contribution in [-0.4, -0.2) is 19.0 Å². The number of thiol groups is 1. The van der Waals surface area contributed by atoms with Crippen LogP contribution in [0, 0.1) is 5.92 Å². The molecule has 0 bridgehead atoms. The van der Waals surface area contributed by atoms with Crippen molar-refractivity contribution in [3.63, 3.8) is 0 Å². The van der Waals surface area contributed by atoms with E-state index < -0.39 is 0 Å². The van der Waals surface area contributed by atoms with E-state index in [-0.39, 0.29) is 0 Å². The van der Waals surface area contributed by atoms with Gasteiger partial charge in [-0.3, -0.25) is 0 Å². The standard InChI is InChI=1S/C8H14OS/c1-7(6-10)4-9-5-8-2-3-8/h8,10H,1-6H2. The van der Waals surface area contributed by atoms with Gasteiger partial charge in [0.05, 0.1) is 6.61 Å². The molecule has 0 atom stereocenters. The van der Waals surface area contributed by atoms with E-state index in [1.165, 1.54) is 12.8 Å². The van der Waals surface area contributed by atoms with E-state index in [4.69, 9.17) is 4.74 Å². The highest BCUT2D eigenvalue weighted by atomic mass is 32.1. The molecule has 0 heterocycles. The lowest BCUT2D eigenvalue weighted by atomic mass is 10.4. The van der Waals surface area contributed by atoms with Gasteiger partial charge in [-0.2, -0.15) is 12.6 Å². The number of ether oxygens (including phenoxy) is 1. The third-order valence-corrected chi connectivity index (χ3v) is 2.03. The molecule has 0 aromatic heterocycles. The second kappa shape index (κ2) is 4.04. The van der Waals surface area contributed by atoms with Crippen molar-refractivity contribution >= 4 is 12.6 Å². The van der Waals surface area contributed by atoms with E-state index in [1.54, 1.807) is 0 Å². The smallest absolute Gasteiger partial charge is 0.0682 e. The van der Waals surface area contributed by atoms with Crippen LogP contribution in [0.2, 0.25) is 0 Å². The van der Waals surface area contributed by atoms with Gasteiger partial charge in [0, 0.05) is 12.4 Å². The molecule has 1 aliphatic rings. The summed E-state index contributed by atoms with van der Waals surface area (Å²) in [6, 6.07) is 0. The number of hydrogen-bond donors (Lipinski definition) is 1. The quantitative estimate of drug-likeness (QED) is 0.475. The molecule has 1 aliphatic carbocycles. The van der Waals surface area contributed by atoms with Gasteiger partial charge in [0.15, 0.2) is 0 Å². The average Bonchev–Trinajstić information content (AvgIpc) is 2.71. The molecule has 0 unspecified atom stereocenters. The highest BCUT2D eigenvalue weighted by Gasteiger charge is 2.20. The molecule has 0 aromatic carbocycles. The molecule has 0 radical (unpaired) electrons. The molecule has 10 heavy (non-hydrogen) atoms. The predicted octanol–water partition coefficient (Wildman–Crippen LogP) is 1.90. The molecule has 0 spiro atoms. The van der Waals surface area contributed by atoms with Gasteiger partial charge in [0.1, 0.15) is 0 Å². The molecule has 2 heteroatoms. The van der Waals surface area contributed by atoms with E-state index in [1.807, 2.05) is 0 Å². The van der Waals surface area contributed by atoms with Crippen LogP contribution in [0.3, 0.4) is 0 Å². The Hall–Kier alpha value is 0.0500. The summed E-state index contributed by atoms with van der Waals surface area (Å²) in [4.78, 5) is 0. The summed E-state index contributed by atoms with van der Waals surface area (Å²) in [5.41, 5.74) is 1.07. The first-order chi connectivity index (χ1) is 4.83. The van der Waals surface area contributed by atoms with Crippen LogP contribution in [-0.2, 0) is 4.74 Å². The topological polar surface area (TPSA) is 9.23 Å². The highest BCUT2D eigenvalue weighted by molar-refractivity contribution is 7.80. The fraction of sp³-hybridized carbons (Fsp3) is 0.750. The van der Waals surface area contributed by atoms with E-state index in [0.29, 0.717) is 6.61 Å². The maximum Gasteiger partial charge on any atom is 0.0682 e. The predicted molar refractivity (Wildman–Crippen MR) is 46.5 cm³/mol. The van der Waals surface area contributed by atoms with Gasteiger partial charge in [0.2, 0.25) is 0 Å². The second-order valence-corrected chi connectivity index (χ2v) is 3.18. The summed E-state index contributed by atoms with van der Waals surface area (Å²) < 4.78 is 5.36. The minimum atomic E-state index is 0.694. The minimum absolute atomic E-state index is 0.694. The van der Waals surface area contributed by atoms with Crippen LogP contribution >= 0.6 is 12.6 Å². The van der Waals surface area contributed by atoms with Crippen molar-refractivity contribution in [2.75, 3.05) is 19.0 Å². The first kappa shape index (κ1) is 8.15. The van der Waals surface area contributed by atoms with Crippen molar-refractivity contribution in [3.05, 3.63) is 12.2 Å². The molecule has 0 aromatic rings. The highest BCUT2D eigenvalue weighted by Crippen LogP contribution is 2.28. The van der Waals surface area contributed by atoms with E-state index in [9.17, 15) is 0 Å². The molecule has 0 aliphatic heterocycles. The molecular weight excluding hydrogens is 144 g/mol. The Balaban J connectivity index is 1.88. The zero-order chi connectivity index (χ0) is 7.40. The van der Waals surface area contributed by atoms with Crippen molar-refractivity contribution in [1.29, 1.82) is 0 Å². The minimum Gasteiger partial charge on any atom is -0.377 e. The van der Waals surface area contributed by atoms with E-state index >= 15 is 0 Å². The molecule has 0 saturated heterocycles. The fourth-order valence-corrected chi connectivity index (χ4v) is 0.791. The van der Waals surface area contributed by atoms with Gasteiger partial charge in [-0.1, -0.05) is 6.58 Å². The number of hydrogen-bond acceptors (Lipinski definition) is 2. The Morgan fingerprint density at radius 2 is 2.30 bits per heavy atom. The lowest BCUT2D eigenvalue weighted by Crippen LogP contribution is -2.01. The maximum atomic E-state index is 5.36. The van der Waals surface area contributed by atoms with E-state index in [2.05, 4.69) is 19.2 Å². The van der Waals surface area contributed by atoms with Crippen LogP contribution < -0.4 is 0 Å². The molecule has 1 rings (SSSR count). The van der Waals surface area contributed by atoms with Crippen molar-refractivity contribution in [2.45, 2.75) is 12.8 Å². The summed E-state index contributed by atoms with van der Waals surface area (Å²) >= 11 is 4.08. The Kier molecular flexibility index (Phi) is 3.29. The Morgan fingerprint density at radius 3 is 2.80 bits per heavy atom. The average molecular weight is 158 g/mol. The van der Waals surface area contributed by atoms with Gasteiger partial charge in [-0.15, -0.1) is 0 Å². The van der Waals surface area contributed by atoms with Crippen LogP contribution in [0.5, 0.6) is 0 Å². The summed E-state index contributed by atoms with van der Waals surface area (Å²) in [7, 11) is 0. The van der Waals surface area contributed by atoms with Gasteiger partial charge < -0.3 is 4.74 Å². The third-order valence-electron chi connectivity index (χ3n) is 1.58. The van der Waals surface area contributed by atoms with Crippen molar-refractivity contribution < 1.29 is 4.74 Å². The van der Waals surface area contributed by atoms with Crippen LogP contribution in [0.4, 0.5) is 0 Å². The zero-order valence-electron chi connectivity index (χ0n) is 6.18. The summed E-state index contributed by atoms with van der Waals surface area (Å²) in [6.07, 6.45) is 2.71. The fourth-order valence-electron chi connectivity index (χ4n) is 0.700. The van der Waals surface area contributed by atoms with Crippen molar-refractivity contribution in [2.24, 2.45) is 5.92 Å². The van der Waals surface area contributed by atoms with Gasteiger partial charge in [0.25, 0.3) is 0 Å². The number of rotatable bonds is 5. The van der Waals surface area contributed by atoms with Crippen molar-refractivity contribution in [3.8, 4) is 0 Å². The maximum absolute atomic E-state index is 5.36. The van der Waals surface area contributed by atoms with Gasteiger partial charge in [-0.05, 0) is 24.3 Å². The van der Waals surface area contributed by atoms with Gasteiger partial charge >= 0.3 is 0 Å². The Bertz CT molecular complexity index is 118. The van der Waals surface area contributed by atoms with E-state index in [0.717, 1.165) is 23.9 Å². The first-order valence-electron chi connectivity index (χ1n) is 3.68. The molecule has 1 nitrogen and oxygen atoms in total. The lowest BCUT2D eigenvalue weighted by molar-refractivity contribution is 0.146. The van der Waals surface area contributed by atoms with Crippen LogP contribution in [0.15, 0.2) is 12.2 Å². The largest absolute Gasteiger partial charge is 0.377 e. The molecule has 0 N–H and O–H groups in total. The molecule has 1 fully saturated rings. The molecular formula is C8H14OS. The SMILES string of the molecule is C=C(CS)COCC1CC1. The third kappa shape index (κ3) is 3.28. The molecule has 58 valence electrons. The van der Waals surface area contributed by atoms with Crippen LogP contribution in [0.1, 0.15) is 12.8 Å². The Morgan fingerprint density at radius 1 is 1.60 bits per heavy atom. The van der Waals surface area contributed by atoms with Crippen molar-refractivity contribution in [1.82, 2.24) is 0 Å². The molecule has 1 saturated carbocycles. The summed E-state index contributed by atoms with van der Waals surface area (Å²) in [6.45, 7) is 5.41. The Labute approximate surface area is 67.9 Å². The van der Waals surface area contributed by atoms with Crippen LogP contribution in [0.25, 0.3) is 0 Å². The lowest BCUT2D eigenvalue weighted by Gasteiger charge is -2.02. The second-order valence-electron chi connectivity index (χ2n) is 2.87. The summed E-state index contributed by atoms with van der Waals surface area (Å²) in [5.74, 6) is 1.60. The summed E-state index contributed by atoms with van der Waals surface area (Å²) in [5, 5.41) is 0. The first-order valence-corrected chi connectivity index (χ1v) is 4.31.